The van der Waals surface area contributed by atoms with Gasteiger partial charge in [-0.1, -0.05) is 46.1 Å². The first-order valence-corrected chi connectivity index (χ1v) is 8.32. The summed E-state index contributed by atoms with van der Waals surface area (Å²) in [5, 5.41) is 9.25. The van der Waals surface area contributed by atoms with E-state index < -0.39 is 18.2 Å². The highest BCUT2D eigenvalue weighted by Crippen LogP contribution is 2.22. The highest BCUT2D eigenvalue weighted by Gasteiger charge is 2.21. The van der Waals surface area contributed by atoms with Gasteiger partial charge in [-0.15, -0.1) is 0 Å². The third-order valence-electron chi connectivity index (χ3n) is 3.18. The van der Waals surface area contributed by atoms with Crippen molar-refractivity contribution in [1.82, 2.24) is 0 Å². The summed E-state index contributed by atoms with van der Waals surface area (Å²) >= 11 is 0. The lowest BCUT2D eigenvalue weighted by molar-refractivity contribution is -0.160. The number of rotatable bonds is 11. The maximum Gasteiger partial charge on any atom is 0.339 e. The lowest BCUT2D eigenvalue weighted by atomic mass is 10.0. The standard InChI is InChI=1S/C18H30O5/c1-6-8-9-10-12-16(23-17(20)13(3)4)15(11-7-2)18(21)22-14(5)19/h14,19H,3,6-12H2,1-2,4-5H3/b16-15-. The first-order chi connectivity index (χ1) is 10.8. The Morgan fingerprint density at radius 1 is 1.04 bits per heavy atom. The van der Waals surface area contributed by atoms with Gasteiger partial charge in [-0.2, -0.15) is 0 Å². The zero-order chi connectivity index (χ0) is 17.8. The molecule has 5 heteroatoms. The van der Waals surface area contributed by atoms with Crippen LogP contribution in [-0.4, -0.2) is 23.3 Å². The van der Waals surface area contributed by atoms with Gasteiger partial charge in [0, 0.05) is 12.0 Å². The molecule has 0 aromatic heterocycles. The van der Waals surface area contributed by atoms with Gasteiger partial charge >= 0.3 is 11.9 Å². The van der Waals surface area contributed by atoms with Crippen molar-refractivity contribution in [3.05, 3.63) is 23.5 Å². The van der Waals surface area contributed by atoms with E-state index in [9.17, 15) is 14.7 Å². The van der Waals surface area contributed by atoms with E-state index in [1.807, 2.05) is 6.92 Å². The van der Waals surface area contributed by atoms with Crippen molar-refractivity contribution in [2.45, 2.75) is 78.9 Å². The number of allylic oxidation sites excluding steroid dienone is 1. The molecule has 0 spiro atoms. The molecule has 0 rings (SSSR count). The quantitative estimate of drug-likeness (QED) is 0.204. The lowest BCUT2D eigenvalue weighted by Crippen LogP contribution is -2.19. The van der Waals surface area contributed by atoms with Crippen molar-refractivity contribution in [3.8, 4) is 0 Å². The molecule has 0 radical (unpaired) electrons. The molecule has 0 fully saturated rings. The topological polar surface area (TPSA) is 72.8 Å². The minimum atomic E-state index is -1.20. The number of ether oxygens (including phenoxy) is 2. The van der Waals surface area contributed by atoms with E-state index in [1.54, 1.807) is 6.92 Å². The monoisotopic (exact) mass is 326 g/mol. The van der Waals surface area contributed by atoms with Crippen LogP contribution in [0.5, 0.6) is 0 Å². The van der Waals surface area contributed by atoms with E-state index in [-0.39, 0.29) is 5.57 Å². The van der Waals surface area contributed by atoms with Gasteiger partial charge in [0.2, 0.25) is 0 Å². The average molecular weight is 326 g/mol. The minimum absolute atomic E-state index is 0.274. The number of carbonyl (C=O) groups excluding carboxylic acids is 2. The molecule has 0 saturated heterocycles. The molecule has 1 atom stereocenters. The van der Waals surface area contributed by atoms with Gasteiger partial charge in [0.25, 0.3) is 0 Å². The van der Waals surface area contributed by atoms with Crippen LogP contribution < -0.4 is 0 Å². The molecule has 1 unspecified atom stereocenters. The first kappa shape index (κ1) is 21.4. The molecular weight excluding hydrogens is 296 g/mol. The summed E-state index contributed by atoms with van der Waals surface area (Å²) in [5.74, 6) is -0.850. The zero-order valence-corrected chi connectivity index (χ0v) is 14.8. The summed E-state index contributed by atoms with van der Waals surface area (Å²) in [6.45, 7) is 10.5. The summed E-state index contributed by atoms with van der Waals surface area (Å²) in [6, 6.07) is 0. The SMILES string of the molecule is C=C(C)C(=O)O/C(CCCCCC)=C(/CCC)C(=O)OC(C)O. The average Bonchev–Trinajstić information content (AvgIpc) is 2.47. The van der Waals surface area contributed by atoms with Gasteiger partial charge < -0.3 is 14.6 Å². The van der Waals surface area contributed by atoms with Crippen molar-refractivity contribution in [3.63, 3.8) is 0 Å². The minimum Gasteiger partial charge on any atom is -0.433 e. The van der Waals surface area contributed by atoms with E-state index in [0.29, 0.717) is 30.6 Å². The molecule has 0 aliphatic carbocycles. The van der Waals surface area contributed by atoms with Crippen LogP contribution in [0.25, 0.3) is 0 Å². The van der Waals surface area contributed by atoms with Crippen LogP contribution in [0.4, 0.5) is 0 Å². The fourth-order valence-corrected chi connectivity index (χ4v) is 2.01. The van der Waals surface area contributed by atoms with Crippen molar-refractivity contribution >= 4 is 11.9 Å². The smallest absolute Gasteiger partial charge is 0.339 e. The van der Waals surface area contributed by atoms with Crippen LogP contribution >= 0.6 is 0 Å². The normalized spacial score (nSPS) is 13.1. The molecule has 0 aromatic carbocycles. The second-order valence-corrected chi connectivity index (χ2v) is 5.64. The van der Waals surface area contributed by atoms with Gasteiger partial charge in [0.15, 0.2) is 6.29 Å². The molecule has 5 nitrogen and oxygen atoms in total. The lowest BCUT2D eigenvalue weighted by Gasteiger charge is -2.16. The van der Waals surface area contributed by atoms with E-state index in [2.05, 4.69) is 13.5 Å². The van der Waals surface area contributed by atoms with Crippen molar-refractivity contribution in [2.75, 3.05) is 0 Å². The predicted octanol–water partition coefficient (Wildman–Crippen LogP) is 4.01. The summed E-state index contributed by atoms with van der Waals surface area (Å²) in [7, 11) is 0. The van der Waals surface area contributed by atoms with E-state index in [4.69, 9.17) is 9.47 Å². The van der Waals surface area contributed by atoms with Crippen molar-refractivity contribution in [2.24, 2.45) is 0 Å². The molecule has 0 bridgehead atoms. The summed E-state index contributed by atoms with van der Waals surface area (Å²) in [4.78, 5) is 24.0. The van der Waals surface area contributed by atoms with Gasteiger partial charge in [-0.05, 0) is 26.7 Å². The molecule has 0 aliphatic heterocycles. The number of aliphatic hydroxyl groups is 1. The largest absolute Gasteiger partial charge is 0.433 e. The van der Waals surface area contributed by atoms with Gasteiger partial charge in [0.1, 0.15) is 5.76 Å². The molecule has 0 amide bonds. The zero-order valence-electron chi connectivity index (χ0n) is 14.8. The molecule has 0 heterocycles. The fraction of sp³-hybridized carbons (Fsp3) is 0.667. The number of unbranched alkanes of at least 4 members (excludes halogenated alkanes) is 3. The summed E-state index contributed by atoms with van der Waals surface area (Å²) < 4.78 is 10.2. The maximum absolute atomic E-state index is 12.2. The molecule has 23 heavy (non-hydrogen) atoms. The molecular formula is C18H30O5. The molecule has 1 N–H and O–H groups in total. The second kappa shape index (κ2) is 11.9. The number of esters is 2. The van der Waals surface area contributed by atoms with Crippen LogP contribution in [0.2, 0.25) is 0 Å². The maximum atomic E-state index is 12.2. The Bertz CT molecular complexity index is 435. The fourth-order valence-electron chi connectivity index (χ4n) is 2.01. The van der Waals surface area contributed by atoms with Crippen LogP contribution in [0.15, 0.2) is 23.5 Å². The van der Waals surface area contributed by atoms with E-state index in [1.165, 1.54) is 6.92 Å². The van der Waals surface area contributed by atoms with Crippen molar-refractivity contribution in [1.29, 1.82) is 0 Å². The van der Waals surface area contributed by atoms with Crippen LogP contribution in [-0.2, 0) is 19.1 Å². The Morgan fingerprint density at radius 3 is 2.17 bits per heavy atom. The molecule has 0 aromatic rings. The van der Waals surface area contributed by atoms with E-state index >= 15 is 0 Å². The predicted molar refractivity (Wildman–Crippen MR) is 89.4 cm³/mol. The number of aliphatic hydroxyl groups excluding tert-OH is 1. The highest BCUT2D eigenvalue weighted by molar-refractivity contribution is 5.91. The summed E-state index contributed by atoms with van der Waals surface area (Å²) in [5.41, 5.74) is 0.593. The number of carbonyl (C=O) groups is 2. The van der Waals surface area contributed by atoms with Crippen LogP contribution in [0.3, 0.4) is 0 Å². The Labute approximate surface area is 139 Å². The highest BCUT2D eigenvalue weighted by atomic mass is 16.6. The summed E-state index contributed by atoms with van der Waals surface area (Å²) in [6.07, 6.45) is 4.42. The Morgan fingerprint density at radius 2 is 1.70 bits per heavy atom. The molecule has 132 valence electrons. The number of hydrogen-bond acceptors (Lipinski definition) is 5. The Kier molecular flexibility index (Phi) is 11.0. The third-order valence-corrected chi connectivity index (χ3v) is 3.18. The van der Waals surface area contributed by atoms with Crippen LogP contribution in [0, 0.1) is 0 Å². The number of hydrogen-bond donors (Lipinski definition) is 1. The van der Waals surface area contributed by atoms with Gasteiger partial charge in [0.05, 0.1) is 5.57 Å². The van der Waals surface area contributed by atoms with Crippen LogP contribution in [0.1, 0.15) is 72.6 Å². The van der Waals surface area contributed by atoms with E-state index in [0.717, 1.165) is 25.7 Å². The Hall–Kier alpha value is -1.62. The second-order valence-electron chi connectivity index (χ2n) is 5.64. The molecule has 0 saturated carbocycles. The Balaban J connectivity index is 5.32. The molecule has 0 aliphatic rings. The first-order valence-electron chi connectivity index (χ1n) is 8.32. The van der Waals surface area contributed by atoms with Crippen molar-refractivity contribution < 1.29 is 24.2 Å². The van der Waals surface area contributed by atoms with Gasteiger partial charge in [-0.25, -0.2) is 9.59 Å². The third kappa shape index (κ3) is 9.18. The van der Waals surface area contributed by atoms with Gasteiger partial charge in [-0.3, -0.25) is 0 Å².